The van der Waals surface area contributed by atoms with Gasteiger partial charge in [-0.3, -0.25) is 0 Å². The molecular weight excluding hydrogens is 254 g/mol. The second-order valence-corrected chi connectivity index (χ2v) is 5.64. The lowest BCUT2D eigenvalue weighted by Crippen LogP contribution is -2.40. The average molecular weight is 277 g/mol. The van der Waals surface area contributed by atoms with Crippen LogP contribution in [-0.4, -0.2) is 41.2 Å². The van der Waals surface area contributed by atoms with E-state index in [1.54, 1.807) is 12.1 Å². The van der Waals surface area contributed by atoms with Gasteiger partial charge in [-0.1, -0.05) is 12.1 Å². The molecule has 2 rings (SSSR count). The van der Waals surface area contributed by atoms with Crippen LogP contribution in [0.2, 0.25) is 0 Å². The highest BCUT2D eigenvalue weighted by atomic mass is 16.5. The van der Waals surface area contributed by atoms with Crippen LogP contribution in [0.1, 0.15) is 42.6 Å². The van der Waals surface area contributed by atoms with Crippen molar-refractivity contribution in [2.24, 2.45) is 0 Å². The Morgan fingerprint density at radius 2 is 1.90 bits per heavy atom. The lowest BCUT2D eigenvalue weighted by molar-refractivity contribution is -0.00803. The third kappa shape index (κ3) is 4.05. The smallest absolute Gasteiger partial charge is 0.335 e. The summed E-state index contributed by atoms with van der Waals surface area (Å²) in [5.74, 6) is -0.890. The molecule has 0 saturated carbocycles. The quantitative estimate of drug-likeness (QED) is 0.899. The molecule has 20 heavy (non-hydrogen) atoms. The molecule has 4 heteroatoms. The van der Waals surface area contributed by atoms with Gasteiger partial charge in [0.05, 0.1) is 18.3 Å². The highest BCUT2D eigenvalue weighted by Crippen LogP contribution is 2.17. The number of carbonyl (C=O) groups is 1. The summed E-state index contributed by atoms with van der Waals surface area (Å²) in [6.45, 7) is 7.21. The first-order chi connectivity index (χ1) is 9.56. The number of hydrogen-bond acceptors (Lipinski definition) is 3. The first-order valence-electron chi connectivity index (χ1n) is 7.24. The molecule has 0 amide bonds. The van der Waals surface area contributed by atoms with Crippen molar-refractivity contribution in [3.05, 3.63) is 35.4 Å². The monoisotopic (exact) mass is 277 g/mol. The fraction of sp³-hybridized carbons (Fsp3) is 0.562. The number of hydrogen-bond donors (Lipinski definition) is 1. The molecule has 1 N–H and O–H groups in total. The summed E-state index contributed by atoms with van der Waals surface area (Å²) in [6.07, 6.45) is 2.47. The Morgan fingerprint density at radius 1 is 1.30 bits per heavy atom. The average Bonchev–Trinajstić information content (AvgIpc) is 2.46. The van der Waals surface area contributed by atoms with Crippen molar-refractivity contribution in [1.29, 1.82) is 0 Å². The summed E-state index contributed by atoms with van der Waals surface area (Å²) >= 11 is 0. The Bertz CT molecular complexity index is 434. The largest absolute Gasteiger partial charge is 0.478 e. The fourth-order valence-electron chi connectivity index (χ4n) is 2.52. The molecule has 4 nitrogen and oxygen atoms in total. The van der Waals surface area contributed by atoms with Crippen molar-refractivity contribution in [1.82, 2.24) is 4.90 Å². The summed E-state index contributed by atoms with van der Waals surface area (Å²) in [6, 6.07) is 7.52. The summed E-state index contributed by atoms with van der Waals surface area (Å²) in [7, 11) is 0. The normalized spacial score (nSPS) is 17.6. The standard InChI is InChI=1S/C16H23NO3/c1-12(2)17-9-7-15(8-10-17)20-11-13-3-5-14(6-4-13)16(18)19/h3-6,12,15H,7-11H2,1-2H3,(H,18,19). The minimum absolute atomic E-state index is 0.319. The zero-order valence-corrected chi connectivity index (χ0v) is 12.2. The van der Waals surface area contributed by atoms with Gasteiger partial charge in [0, 0.05) is 19.1 Å². The maximum Gasteiger partial charge on any atom is 0.335 e. The molecule has 0 radical (unpaired) electrons. The van der Waals surface area contributed by atoms with E-state index in [2.05, 4.69) is 18.7 Å². The predicted octanol–water partition coefficient (Wildman–Crippen LogP) is 2.77. The molecule has 0 aliphatic carbocycles. The van der Waals surface area contributed by atoms with Crippen molar-refractivity contribution in [2.75, 3.05) is 13.1 Å². The highest BCUT2D eigenvalue weighted by Gasteiger charge is 2.21. The van der Waals surface area contributed by atoms with Gasteiger partial charge in [-0.05, 0) is 44.4 Å². The number of rotatable bonds is 5. The summed E-state index contributed by atoms with van der Waals surface area (Å²) in [5.41, 5.74) is 1.35. The second kappa shape index (κ2) is 6.86. The van der Waals surface area contributed by atoms with E-state index in [1.165, 1.54) is 0 Å². The molecule has 1 aliphatic rings. The van der Waals surface area contributed by atoms with Gasteiger partial charge in [-0.25, -0.2) is 4.79 Å². The number of ether oxygens (including phenoxy) is 1. The van der Waals surface area contributed by atoms with E-state index >= 15 is 0 Å². The van der Waals surface area contributed by atoms with Crippen molar-refractivity contribution >= 4 is 5.97 Å². The van der Waals surface area contributed by atoms with Crippen LogP contribution in [-0.2, 0) is 11.3 Å². The van der Waals surface area contributed by atoms with Crippen LogP contribution in [0, 0.1) is 0 Å². The molecule has 1 aliphatic heterocycles. The third-order valence-electron chi connectivity index (χ3n) is 3.89. The maximum atomic E-state index is 10.8. The third-order valence-corrected chi connectivity index (χ3v) is 3.89. The van der Waals surface area contributed by atoms with Gasteiger partial charge in [0.1, 0.15) is 0 Å². The van der Waals surface area contributed by atoms with E-state index in [-0.39, 0.29) is 0 Å². The number of piperidine rings is 1. The molecule has 0 unspecified atom stereocenters. The molecule has 1 aromatic rings. The zero-order chi connectivity index (χ0) is 14.5. The van der Waals surface area contributed by atoms with Gasteiger partial charge in [-0.2, -0.15) is 0 Å². The van der Waals surface area contributed by atoms with Gasteiger partial charge in [0.25, 0.3) is 0 Å². The molecule has 0 spiro atoms. The van der Waals surface area contributed by atoms with E-state index in [4.69, 9.17) is 9.84 Å². The van der Waals surface area contributed by atoms with Crippen LogP contribution < -0.4 is 0 Å². The van der Waals surface area contributed by atoms with Gasteiger partial charge in [-0.15, -0.1) is 0 Å². The minimum Gasteiger partial charge on any atom is -0.478 e. The van der Waals surface area contributed by atoms with Crippen molar-refractivity contribution in [3.8, 4) is 0 Å². The molecule has 110 valence electrons. The Labute approximate surface area is 120 Å². The predicted molar refractivity (Wildman–Crippen MR) is 77.9 cm³/mol. The van der Waals surface area contributed by atoms with E-state index < -0.39 is 5.97 Å². The van der Waals surface area contributed by atoms with Crippen LogP contribution in [0.15, 0.2) is 24.3 Å². The summed E-state index contributed by atoms with van der Waals surface area (Å²) < 4.78 is 5.92. The second-order valence-electron chi connectivity index (χ2n) is 5.64. The van der Waals surface area contributed by atoms with Gasteiger partial charge >= 0.3 is 5.97 Å². The first-order valence-corrected chi connectivity index (χ1v) is 7.24. The Kier molecular flexibility index (Phi) is 5.15. The van der Waals surface area contributed by atoms with E-state index in [9.17, 15) is 4.79 Å². The number of nitrogens with zero attached hydrogens (tertiary/aromatic N) is 1. The van der Waals surface area contributed by atoms with Crippen LogP contribution in [0.4, 0.5) is 0 Å². The Hall–Kier alpha value is -1.39. The molecule has 1 aromatic carbocycles. The Balaban J connectivity index is 1.77. The molecule has 0 atom stereocenters. The minimum atomic E-state index is -0.890. The van der Waals surface area contributed by atoms with Crippen LogP contribution in [0.25, 0.3) is 0 Å². The Morgan fingerprint density at radius 3 is 2.40 bits per heavy atom. The van der Waals surface area contributed by atoms with Gasteiger partial charge in [0.15, 0.2) is 0 Å². The van der Waals surface area contributed by atoms with E-state index in [0.29, 0.717) is 24.3 Å². The number of benzene rings is 1. The van der Waals surface area contributed by atoms with Crippen molar-refractivity contribution < 1.29 is 14.6 Å². The van der Waals surface area contributed by atoms with E-state index in [0.717, 1.165) is 31.5 Å². The van der Waals surface area contributed by atoms with Crippen LogP contribution >= 0.6 is 0 Å². The summed E-state index contributed by atoms with van der Waals surface area (Å²) in [4.78, 5) is 13.2. The number of likely N-dealkylation sites (tertiary alicyclic amines) is 1. The molecule has 1 heterocycles. The SMILES string of the molecule is CC(C)N1CCC(OCc2ccc(C(=O)O)cc2)CC1. The molecule has 1 saturated heterocycles. The highest BCUT2D eigenvalue weighted by molar-refractivity contribution is 5.87. The lowest BCUT2D eigenvalue weighted by Gasteiger charge is -2.34. The number of carboxylic acids is 1. The van der Waals surface area contributed by atoms with Crippen LogP contribution in [0.3, 0.4) is 0 Å². The maximum absolute atomic E-state index is 10.8. The summed E-state index contributed by atoms with van der Waals surface area (Å²) in [5, 5.41) is 8.84. The molecule has 0 aromatic heterocycles. The molecule has 0 bridgehead atoms. The van der Waals surface area contributed by atoms with Gasteiger partial charge < -0.3 is 14.7 Å². The number of carboxylic acid groups (broad SMARTS) is 1. The zero-order valence-electron chi connectivity index (χ0n) is 12.2. The fourth-order valence-corrected chi connectivity index (χ4v) is 2.52. The van der Waals surface area contributed by atoms with E-state index in [1.807, 2.05) is 12.1 Å². The van der Waals surface area contributed by atoms with Crippen molar-refractivity contribution in [3.63, 3.8) is 0 Å². The first kappa shape index (κ1) is 15.0. The molecular formula is C16H23NO3. The van der Waals surface area contributed by atoms with Crippen LogP contribution in [0.5, 0.6) is 0 Å². The molecule has 1 fully saturated rings. The van der Waals surface area contributed by atoms with Gasteiger partial charge in [0.2, 0.25) is 0 Å². The topological polar surface area (TPSA) is 49.8 Å². The lowest BCUT2D eigenvalue weighted by atomic mass is 10.1. The number of aromatic carboxylic acids is 1. The van der Waals surface area contributed by atoms with Crippen molar-refractivity contribution in [2.45, 2.75) is 45.4 Å².